The van der Waals surface area contributed by atoms with E-state index in [2.05, 4.69) is 11.9 Å². The van der Waals surface area contributed by atoms with Crippen molar-refractivity contribution in [2.24, 2.45) is 4.99 Å². The summed E-state index contributed by atoms with van der Waals surface area (Å²) >= 11 is 0. The Morgan fingerprint density at radius 2 is 1.05 bits per heavy atom. The molecular weight excluding hydrogens is 258 g/mol. The van der Waals surface area contributed by atoms with E-state index in [4.69, 9.17) is 4.74 Å². The molecule has 0 aromatic carbocycles. The Morgan fingerprint density at radius 3 is 1.43 bits per heavy atom. The molecule has 0 rings (SSSR count). The van der Waals surface area contributed by atoms with Gasteiger partial charge in [0, 0.05) is 13.5 Å². The minimum atomic E-state index is 0.810. The monoisotopic (exact) mass is 297 g/mol. The highest BCUT2D eigenvalue weighted by Crippen LogP contribution is 2.12. The van der Waals surface area contributed by atoms with E-state index < -0.39 is 0 Å². The summed E-state index contributed by atoms with van der Waals surface area (Å²) in [5.41, 5.74) is 0. The first-order chi connectivity index (χ1) is 10.3. The number of hydrogen-bond acceptors (Lipinski definition) is 2. The molecule has 2 heteroatoms. The van der Waals surface area contributed by atoms with E-state index >= 15 is 0 Å². The predicted octanol–water partition coefficient (Wildman–Crippen LogP) is 6.53. The number of nitrogens with zero attached hydrogens (tertiary/aromatic N) is 1. The zero-order chi connectivity index (χ0) is 15.6. The molecule has 0 aliphatic carbocycles. The largest absolute Gasteiger partial charge is 0.484 e. The number of aliphatic imine (C=N–C) groups is 1. The second kappa shape index (κ2) is 17.5. The first kappa shape index (κ1) is 20.5. The van der Waals surface area contributed by atoms with Crippen molar-refractivity contribution < 1.29 is 4.74 Å². The van der Waals surface area contributed by atoms with Crippen LogP contribution in [-0.2, 0) is 4.74 Å². The van der Waals surface area contributed by atoms with E-state index in [1.807, 2.05) is 6.92 Å². The highest BCUT2D eigenvalue weighted by atomic mass is 16.5. The van der Waals surface area contributed by atoms with Crippen LogP contribution in [0, 0.1) is 0 Å². The van der Waals surface area contributed by atoms with E-state index in [-0.39, 0.29) is 0 Å². The number of hydrogen-bond donors (Lipinski definition) is 0. The molecule has 21 heavy (non-hydrogen) atoms. The molecule has 0 saturated carbocycles. The van der Waals surface area contributed by atoms with Gasteiger partial charge in [0.25, 0.3) is 0 Å². The van der Waals surface area contributed by atoms with Gasteiger partial charge in [-0.25, -0.2) is 0 Å². The quantitative estimate of drug-likeness (QED) is 0.191. The van der Waals surface area contributed by atoms with Crippen molar-refractivity contribution in [1.82, 2.24) is 0 Å². The van der Waals surface area contributed by atoms with Gasteiger partial charge in [0.1, 0.15) is 0 Å². The molecule has 0 fully saturated rings. The molecule has 0 aliphatic heterocycles. The van der Waals surface area contributed by atoms with Gasteiger partial charge < -0.3 is 4.74 Å². The average molecular weight is 298 g/mol. The minimum Gasteiger partial charge on any atom is -0.484 e. The SMILES string of the molecule is CCCCCCCCCCCCCCCCN=C(C)OC. The number of rotatable bonds is 15. The van der Waals surface area contributed by atoms with Crippen LogP contribution in [0.1, 0.15) is 104 Å². The molecule has 0 unspecified atom stereocenters. The minimum absolute atomic E-state index is 0.810. The third kappa shape index (κ3) is 17.4. The molecule has 0 N–H and O–H groups in total. The maximum Gasteiger partial charge on any atom is 0.179 e. The van der Waals surface area contributed by atoms with E-state index in [1.165, 1.54) is 89.9 Å². The molecule has 0 bridgehead atoms. The van der Waals surface area contributed by atoms with Gasteiger partial charge in [-0.15, -0.1) is 0 Å². The molecule has 2 nitrogen and oxygen atoms in total. The van der Waals surface area contributed by atoms with Gasteiger partial charge in [-0.05, 0) is 6.42 Å². The van der Waals surface area contributed by atoms with Crippen molar-refractivity contribution in [3.05, 3.63) is 0 Å². The Kier molecular flexibility index (Phi) is 17.1. The third-order valence-corrected chi connectivity index (χ3v) is 4.14. The fourth-order valence-corrected chi connectivity index (χ4v) is 2.61. The van der Waals surface area contributed by atoms with Crippen LogP contribution in [0.4, 0.5) is 0 Å². The summed E-state index contributed by atoms with van der Waals surface area (Å²) in [6.07, 6.45) is 19.7. The van der Waals surface area contributed by atoms with Crippen LogP contribution in [0.25, 0.3) is 0 Å². The lowest BCUT2D eigenvalue weighted by atomic mass is 10.0. The van der Waals surface area contributed by atoms with Crippen LogP contribution in [0.15, 0.2) is 4.99 Å². The van der Waals surface area contributed by atoms with E-state index in [0.717, 1.165) is 12.4 Å². The highest BCUT2D eigenvalue weighted by Gasteiger charge is 1.94. The lowest BCUT2D eigenvalue weighted by Gasteiger charge is -2.03. The van der Waals surface area contributed by atoms with Crippen LogP contribution < -0.4 is 0 Å². The molecule has 0 spiro atoms. The van der Waals surface area contributed by atoms with Crippen molar-refractivity contribution in [3.8, 4) is 0 Å². The smallest absolute Gasteiger partial charge is 0.179 e. The van der Waals surface area contributed by atoms with Gasteiger partial charge in [-0.1, -0.05) is 90.4 Å². The Morgan fingerprint density at radius 1 is 0.667 bits per heavy atom. The van der Waals surface area contributed by atoms with Gasteiger partial charge in [0.15, 0.2) is 5.90 Å². The molecular formula is C19H39NO. The van der Waals surface area contributed by atoms with Crippen LogP contribution in [0.3, 0.4) is 0 Å². The first-order valence-electron chi connectivity index (χ1n) is 9.36. The van der Waals surface area contributed by atoms with Crippen molar-refractivity contribution in [1.29, 1.82) is 0 Å². The van der Waals surface area contributed by atoms with E-state index in [9.17, 15) is 0 Å². The summed E-state index contributed by atoms with van der Waals surface area (Å²) in [5.74, 6) is 0.810. The topological polar surface area (TPSA) is 21.6 Å². The summed E-state index contributed by atoms with van der Waals surface area (Å²) in [4.78, 5) is 4.33. The van der Waals surface area contributed by atoms with Gasteiger partial charge in [0.05, 0.1) is 7.11 Å². The maximum absolute atomic E-state index is 5.02. The Hall–Kier alpha value is -0.530. The molecule has 0 aromatic heterocycles. The van der Waals surface area contributed by atoms with Crippen molar-refractivity contribution >= 4 is 5.90 Å². The lowest BCUT2D eigenvalue weighted by molar-refractivity contribution is 0.397. The van der Waals surface area contributed by atoms with Gasteiger partial charge in [0.2, 0.25) is 0 Å². The standard InChI is InChI=1S/C19H39NO/c1-4-5-6-7-8-9-10-11-12-13-14-15-16-17-18-20-19(2)21-3/h4-18H2,1-3H3. The zero-order valence-corrected chi connectivity index (χ0v) is 15.0. The maximum atomic E-state index is 5.02. The van der Waals surface area contributed by atoms with E-state index in [0.29, 0.717) is 0 Å². The summed E-state index contributed by atoms with van der Waals surface area (Å²) in [5, 5.41) is 0. The van der Waals surface area contributed by atoms with Gasteiger partial charge in [-0.2, -0.15) is 0 Å². The molecule has 0 aliphatic rings. The summed E-state index contributed by atoms with van der Waals surface area (Å²) in [6, 6.07) is 0. The number of unbranched alkanes of at least 4 members (excludes halogenated alkanes) is 13. The Labute approximate surface area is 133 Å². The number of ether oxygens (including phenoxy) is 1. The molecule has 0 saturated heterocycles. The number of methoxy groups -OCH3 is 1. The molecule has 0 aromatic rings. The van der Waals surface area contributed by atoms with Crippen LogP contribution in [0.2, 0.25) is 0 Å². The van der Waals surface area contributed by atoms with Gasteiger partial charge in [-0.3, -0.25) is 4.99 Å². The molecule has 0 amide bonds. The van der Waals surface area contributed by atoms with Crippen LogP contribution >= 0.6 is 0 Å². The van der Waals surface area contributed by atoms with Gasteiger partial charge >= 0.3 is 0 Å². The van der Waals surface area contributed by atoms with Crippen LogP contribution in [-0.4, -0.2) is 19.6 Å². The first-order valence-corrected chi connectivity index (χ1v) is 9.36. The zero-order valence-electron chi connectivity index (χ0n) is 15.0. The van der Waals surface area contributed by atoms with Crippen LogP contribution in [0.5, 0.6) is 0 Å². The molecule has 0 atom stereocenters. The fourth-order valence-electron chi connectivity index (χ4n) is 2.61. The van der Waals surface area contributed by atoms with E-state index in [1.54, 1.807) is 7.11 Å². The Bertz CT molecular complexity index is 226. The highest BCUT2D eigenvalue weighted by molar-refractivity contribution is 5.72. The molecule has 0 heterocycles. The second-order valence-electron chi connectivity index (χ2n) is 6.20. The summed E-state index contributed by atoms with van der Waals surface area (Å²) in [7, 11) is 1.68. The summed E-state index contributed by atoms with van der Waals surface area (Å²) < 4.78 is 5.02. The predicted molar refractivity (Wildman–Crippen MR) is 95.3 cm³/mol. The summed E-state index contributed by atoms with van der Waals surface area (Å²) in [6.45, 7) is 5.13. The fraction of sp³-hybridized carbons (Fsp3) is 0.947. The average Bonchev–Trinajstić information content (AvgIpc) is 2.50. The van der Waals surface area contributed by atoms with Crippen molar-refractivity contribution in [2.45, 2.75) is 104 Å². The normalized spacial score (nSPS) is 11.9. The Balaban J connectivity index is 3.03. The molecule has 126 valence electrons. The third-order valence-electron chi connectivity index (χ3n) is 4.14. The molecule has 0 radical (unpaired) electrons. The second-order valence-corrected chi connectivity index (χ2v) is 6.20. The lowest BCUT2D eigenvalue weighted by Crippen LogP contribution is -1.95. The van der Waals surface area contributed by atoms with Crippen molar-refractivity contribution in [3.63, 3.8) is 0 Å². The van der Waals surface area contributed by atoms with Crippen molar-refractivity contribution in [2.75, 3.05) is 13.7 Å².